The van der Waals surface area contributed by atoms with E-state index in [1.54, 1.807) is 30.3 Å². The van der Waals surface area contributed by atoms with Gasteiger partial charge in [-0.15, -0.1) is 0 Å². The van der Waals surface area contributed by atoms with Gasteiger partial charge in [0.25, 0.3) is 10.0 Å². The second-order valence-corrected chi connectivity index (χ2v) is 8.54. The Morgan fingerprint density at radius 3 is 2.75 bits per heavy atom. The molecule has 2 aromatic carbocycles. The first-order chi connectivity index (χ1) is 13.5. The van der Waals surface area contributed by atoms with Crippen molar-refractivity contribution in [1.29, 1.82) is 0 Å². The number of fused-ring (bicyclic) bond motifs is 1. The van der Waals surface area contributed by atoms with Crippen molar-refractivity contribution in [3.05, 3.63) is 42.0 Å². The van der Waals surface area contributed by atoms with Crippen LogP contribution < -0.4 is 14.2 Å². The van der Waals surface area contributed by atoms with Crippen molar-refractivity contribution in [2.75, 3.05) is 18.4 Å². The minimum absolute atomic E-state index is 0.0647. The molecule has 0 bridgehead atoms. The highest BCUT2D eigenvalue weighted by Crippen LogP contribution is 2.33. The van der Waals surface area contributed by atoms with Crippen LogP contribution in [0.3, 0.4) is 0 Å². The van der Waals surface area contributed by atoms with E-state index in [0.29, 0.717) is 35.7 Å². The third-order valence-electron chi connectivity index (χ3n) is 4.78. The van der Waals surface area contributed by atoms with Crippen molar-refractivity contribution < 1.29 is 22.4 Å². The van der Waals surface area contributed by atoms with Gasteiger partial charge in [0.1, 0.15) is 16.4 Å². The number of sulfonamides is 1. The lowest BCUT2D eigenvalue weighted by Gasteiger charge is -2.11. The van der Waals surface area contributed by atoms with Crippen LogP contribution in [0.1, 0.15) is 25.3 Å². The fraction of sp³-hybridized carbons (Fsp3) is 0.350. The summed E-state index contributed by atoms with van der Waals surface area (Å²) in [5, 5.41) is 4.45. The van der Waals surface area contributed by atoms with Gasteiger partial charge >= 0.3 is 0 Å². The number of hydrogen-bond donors (Lipinski definition) is 1. The Balaban J connectivity index is 1.61. The molecular weight excluding hydrogens is 380 g/mol. The summed E-state index contributed by atoms with van der Waals surface area (Å²) in [7, 11) is -2.46. The first-order valence-electron chi connectivity index (χ1n) is 9.22. The molecule has 7 nitrogen and oxygen atoms in total. The maximum atomic E-state index is 12.9. The number of rotatable bonds is 8. The second-order valence-electron chi connectivity index (χ2n) is 6.89. The quantitative estimate of drug-likeness (QED) is 0.613. The van der Waals surface area contributed by atoms with Crippen molar-refractivity contribution in [2.45, 2.75) is 31.1 Å². The van der Waals surface area contributed by atoms with E-state index >= 15 is 0 Å². The molecular formula is C20H22N2O5S. The molecule has 1 aromatic heterocycles. The minimum Gasteiger partial charge on any atom is -0.495 e. The first kappa shape index (κ1) is 18.6. The molecule has 0 saturated heterocycles. The number of benzene rings is 2. The third-order valence-corrected chi connectivity index (χ3v) is 6.14. The molecule has 1 N–H and O–H groups in total. The van der Waals surface area contributed by atoms with Crippen molar-refractivity contribution in [1.82, 2.24) is 5.16 Å². The zero-order valence-electron chi connectivity index (χ0n) is 15.8. The summed E-state index contributed by atoms with van der Waals surface area (Å²) in [5.41, 5.74) is 1.35. The summed E-state index contributed by atoms with van der Waals surface area (Å²) in [4.78, 5) is 0.0647. The molecule has 0 unspecified atom stereocenters. The zero-order chi connectivity index (χ0) is 19.7. The van der Waals surface area contributed by atoms with E-state index in [2.05, 4.69) is 9.88 Å². The molecule has 1 aliphatic rings. The molecule has 0 amide bonds. The van der Waals surface area contributed by atoms with E-state index in [-0.39, 0.29) is 16.5 Å². The number of aryl methyl sites for hydroxylation is 1. The average molecular weight is 402 g/mol. The molecule has 148 valence electrons. The standard InChI is InChI=1S/C20H22N2O5S/c1-3-13-6-9-17(25-2)19(10-13)28(23,24)22-20-16-8-7-15(11-18(16)27-21-20)26-12-14-4-5-14/h6-11,14H,3-5,12H2,1-2H3,(H,21,22). The van der Waals surface area contributed by atoms with Crippen LogP contribution in [0.25, 0.3) is 11.0 Å². The number of nitrogens with one attached hydrogen (secondary N) is 1. The molecule has 4 rings (SSSR count). The van der Waals surface area contributed by atoms with Gasteiger partial charge in [-0.3, -0.25) is 4.72 Å². The number of ether oxygens (including phenoxy) is 2. The number of aromatic nitrogens is 1. The fourth-order valence-electron chi connectivity index (χ4n) is 2.91. The van der Waals surface area contributed by atoms with Crippen LogP contribution in [-0.2, 0) is 16.4 Å². The molecule has 1 heterocycles. The van der Waals surface area contributed by atoms with Crippen LogP contribution in [0.15, 0.2) is 45.8 Å². The van der Waals surface area contributed by atoms with E-state index in [0.717, 1.165) is 5.56 Å². The number of anilines is 1. The molecule has 28 heavy (non-hydrogen) atoms. The first-order valence-corrected chi connectivity index (χ1v) is 10.7. The molecule has 0 atom stereocenters. The minimum atomic E-state index is -3.90. The van der Waals surface area contributed by atoms with Crippen molar-refractivity contribution in [2.24, 2.45) is 5.92 Å². The lowest BCUT2D eigenvalue weighted by Crippen LogP contribution is -2.15. The normalized spacial score (nSPS) is 14.2. The topological polar surface area (TPSA) is 90.7 Å². The lowest BCUT2D eigenvalue weighted by atomic mass is 10.2. The Hall–Kier alpha value is -2.74. The molecule has 0 spiro atoms. The van der Waals surface area contributed by atoms with E-state index < -0.39 is 10.0 Å². The van der Waals surface area contributed by atoms with E-state index in [9.17, 15) is 8.42 Å². The highest BCUT2D eigenvalue weighted by molar-refractivity contribution is 7.92. The Bertz CT molecular complexity index is 1100. The van der Waals surface area contributed by atoms with Gasteiger partial charge in [0.15, 0.2) is 11.4 Å². The summed E-state index contributed by atoms with van der Waals surface area (Å²) in [6.45, 7) is 2.65. The van der Waals surface area contributed by atoms with Crippen molar-refractivity contribution in [3.8, 4) is 11.5 Å². The molecule has 1 fully saturated rings. The largest absolute Gasteiger partial charge is 0.495 e. The van der Waals surface area contributed by atoms with Crippen LogP contribution in [-0.4, -0.2) is 27.3 Å². The summed E-state index contributed by atoms with van der Waals surface area (Å²) >= 11 is 0. The van der Waals surface area contributed by atoms with Gasteiger partial charge in [-0.2, -0.15) is 0 Å². The van der Waals surface area contributed by atoms with Gasteiger partial charge in [0.2, 0.25) is 0 Å². The number of methoxy groups -OCH3 is 1. The second kappa shape index (κ2) is 7.35. The maximum absolute atomic E-state index is 12.9. The van der Waals surface area contributed by atoms with Crippen LogP contribution in [0.2, 0.25) is 0 Å². The average Bonchev–Trinajstić information content (AvgIpc) is 3.46. The van der Waals surface area contributed by atoms with Gasteiger partial charge in [-0.25, -0.2) is 8.42 Å². The third kappa shape index (κ3) is 3.77. The van der Waals surface area contributed by atoms with Gasteiger partial charge in [0, 0.05) is 6.07 Å². The van der Waals surface area contributed by atoms with Gasteiger partial charge in [-0.05, 0) is 55.0 Å². The lowest BCUT2D eigenvalue weighted by molar-refractivity contribution is 0.299. The van der Waals surface area contributed by atoms with Gasteiger partial charge < -0.3 is 14.0 Å². The number of nitrogens with zero attached hydrogens (tertiary/aromatic N) is 1. The molecule has 8 heteroatoms. The number of hydrogen-bond acceptors (Lipinski definition) is 6. The Morgan fingerprint density at radius 2 is 2.04 bits per heavy atom. The Morgan fingerprint density at radius 1 is 1.21 bits per heavy atom. The van der Waals surface area contributed by atoms with Gasteiger partial charge in [0.05, 0.1) is 19.1 Å². The van der Waals surface area contributed by atoms with Crippen LogP contribution in [0.5, 0.6) is 11.5 Å². The SMILES string of the molecule is CCc1ccc(OC)c(S(=O)(=O)Nc2noc3cc(OCC4CC4)ccc23)c1. The van der Waals surface area contributed by atoms with Crippen molar-refractivity contribution >= 4 is 26.8 Å². The van der Waals surface area contributed by atoms with E-state index in [4.69, 9.17) is 14.0 Å². The van der Waals surface area contributed by atoms with Crippen molar-refractivity contribution in [3.63, 3.8) is 0 Å². The molecule has 0 aliphatic heterocycles. The van der Waals surface area contributed by atoms with Crippen LogP contribution in [0, 0.1) is 5.92 Å². The monoisotopic (exact) mass is 402 g/mol. The van der Waals surface area contributed by atoms with Crippen LogP contribution in [0.4, 0.5) is 5.82 Å². The molecule has 1 aliphatic carbocycles. The highest BCUT2D eigenvalue weighted by Gasteiger charge is 2.24. The summed E-state index contributed by atoms with van der Waals surface area (Å²) in [6.07, 6.45) is 3.13. The summed E-state index contributed by atoms with van der Waals surface area (Å²) in [6, 6.07) is 10.3. The summed E-state index contributed by atoms with van der Waals surface area (Å²) < 4.78 is 44.7. The smallest absolute Gasteiger partial charge is 0.266 e. The van der Waals surface area contributed by atoms with E-state index in [1.165, 1.54) is 20.0 Å². The Kier molecular flexibility index (Phi) is 4.89. The highest BCUT2D eigenvalue weighted by atomic mass is 32.2. The predicted molar refractivity (Wildman–Crippen MR) is 105 cm³/mol. The zero-order valence-corrected chi connectivity index (χ0v) is 16.6. The molecule has 3 aromatic rings. The maximum Gasteiger partial charge on any atom is 0.266 e. The fourth-order valence-corrected chi connectivity index (χ4v) is 4.15. The predicted octanol–water partition coefficient (Wildman–Crippen LogP) is 3.99. The summed E-state index contributed by atoms with van der Waals surface area (Å²) in [5.74, 6) is 1.73. The van der Waals surface area contributed by atoms with Crippen LogP contribution >= 0.6 is 0 Å². The molecule has 0 radical (unpaired) electrons. The molecule has 1 saturated carbocycles. The Labute approximate surface area is 163 Å². The van der Waals surface area contributed by atoms with Gasteiger partial charge in [-0.1, -0.05) is 18.1 Å². The van der Waals surface area contributed by atoms with E-state index in [1.807, 2.05) is 13.0 Å².